The lowest BCUT2D eigenvalue weighted by Crippen LogP contribution is -2.38. The van der Waals surface area contributed by atoms with Gasteiger partial charge < -0.3 is 20.2 Å². The van der Waals surface area contributed by atoms with Crippen LogP contribution in [0.1, 0.15) is 25.0 Å². The van der Waals surface area contributed by atoms with Crippen LogP contribution in [0.2, 0.25) is 0 Å². The van der Waals surface area contributed by atoms with E-state index >= 15 is 0 Å². The second kappa shape index (κ2) is 9.43. The van der Waals surface area contributed by atoms with Gasteiger partial charge in [0.15, 0.2) is 5.96 Å². The molecule has 0 aliphatic carbocycles. The third-order valence-corrected chi connectivity index (χ3v) is 5.09. The average Bonchev–Trinajstić information content (AvgIpc) is 3.31. The van der Waals surface area contributed by atoms with Crippen LogP contribution in [-0.4, -0.2) is 45.1 Å². The Balaban J connectivity index is 1.29. The highest BCUT2D eigenvalue weighted by atomic mass is 15.2. The summed E-state index contributed by atoms with van der Waals surface area (Å²) in [6.45, 7) is 7.42. The van der Waals surface area contributed by atoms with Crippen molar-refractivity contribution in [2.45, 2.75) is 33.2 Å². The van der Waals surface area contributed by atoms with Gasteiger partial charge in [0.25, 0.3) is 0 Å². The summed E-state index contributed by atoms with van der Waals surface area (Å²) in [5.74, 6) is 2.89. The number of benzene rings is 2. The number of nitrogens with one attached hydrogen (secondary N) is 3. The topological polar surface area (TPSA) is 82.9 Å². The lowest BCUT2D eigenvalue weighted by Gasteiger charge is -2.11. The van der Waals surface area contributed by atoms with Crippen molar-refractivity contribution < 1.29 is 0 Å². The number of hydrogen-bond acceptors (Lipinski definition) is 3. The molecule has 0 fully saturated rings. The van der Waals surface area contributed by atoms with Gasteiger partial charge in [0, 0.05) is 32.6 Å². The summed E-state index contributed by atoms with van der Waals surface area (Å²) in [7, 11) is 0. The highest BCUT2D eigenvalue weighted by Gasteiger charge is 2.06. The number of H-pyrrole nitrogens is 1. The van der Waals surface area contributed by atoms with E-state index in [0.717, 1.165) is 73.2 Å². The maximum atomic E-state index is 4.73. The zero-order chi connectivity index (χ0) is 20.8. The Kier molecular flexibility index (Phi) is 6.27. The van der Waals surface area contributed by atoms with E-state index in [4.69, 9.17) is 4.99 Å². The third-order valence-electron chi connectivity index (χ3n) is 5.09. The molecule has 0 spiro atoms. The molecule has 2 heterocycles. The first-order valence-corrected chi connectivity index (χ1v) is 10.6. The third kappa shape index (κ3) is 4.62. The molecule has 7 nitrogen and oxygen atoms in total. The molecule has 2 aromatic heterocycles. The van der Waals surface area contributed by atoms with E-state index in [1.54, 1.807) is 0 Å². The van der Waals surface area contributed by atoms with Crippen LogP contribution in [0.5, 0.6) is 0 Å². The van der Waals surface area contributed by atoms with E-state index in [0.29, 0.717) is 0 Å². The maximum Gasteiger partial charge on any atom is 0.191 e. The number of guanidine groups is 1. The molecule has 0 aliphatic heterocycles. The summed E-state index contributed by atoms with van der Waals surface area (Å²) in [4.78, 5) is 17.4. The van der Waals surface area contributed by atoms with Gasteiger partial charge in [-0.3, -0.25) is 4.99 Å². The molecule has 4 rings (SSSR count). The summed E-state index contributed by atoms with van der Waals surface area (Å²) < 4.78 is 2.27. The normalized spacial score (nSPS) is 12.0. The minimum absolute atomic E-state index is 0.756. The molecule has 156 valence electrons. The molecule has 3 N–H and O–H groups in total. The van der Waals surface area contributed by atoms with Gasteiger partial charge in [0.05, 0.1) is 22.1 Å². The fraction of sp³-hybridized carbons (Fsp3) is 0.348. The van der Waals surface area contributed by atoms with Crippen molar-refractivity contribution in [3.05, 3.63) is 60.2 Å². The molecular formula is C23H29N7. The van der Waals surface area contributed by atoms with Crippen molar-refractivity contribution in [2.24, 2.45) is 4.99 Å². The van der Waals surface area contributed by atoms with Crippen LogP contribution in [0.4, 0.5) is 0 Å². The van der Waals surface area contributed by atoms with Crippen molar-refractivity contribution >= 4 is 28.0 Å². The van der Waals surface area contributed by atoms with Crippen molar-refractivity contribution in [1.29, 1.82) is 0 Å². The van der Waals surface area contributed by atoms with Gasteiger partial charge in [-0.05, 0) is 44.5 Å². The summed E-state index contributed by atoms with van der Waals surface area (Å²) in [6.07, 6.45) is 1.78. The molecule has 0 unspecified atom stereocenters. The SMILES string of the molecule is CCNC(=NCCCn1c(C)nc2ccccc21)NCCc1nc2ccccc2[nH]1. The molecule has 30 heavy (non-hydrogen) atoms. The van der Waals surface area contributed by atoms with Crippen LogP contribution in [-0.2, 0) is 13.0 Å². The van der Waals surface area contributed by atoms with E-state index in [1.165, 1.54) is 5.52 Å². The molecule has 0 saturated carbocycles. The molecule has 0 radical (unpaired) electrons. The Hall–Kier alpha value is -3.35. The standard InChI is InChI=1S/C23H29N7/c1-3-24-23(26-15-13-22-28-18-9-4-5-10-19(18)29-22)25-14-8-16-30-17(2)27-20-11-6-7-12-21(20)30/h4-7,9-12H,3,8,13-16H2,1-2H3,(H,28,29)(H2,24,25,26). The summed E-state index contributed by atoms with van der Waals surface area (Å²) in [5.41, 5.74) is 4.33. The smallest absolute Gasteiger partial charge is 0.191 e. The number of aromatic nitrogens is 4. The number of aromatic amines is 1. The molecule has 0 aliphatic rings. The zero-order valence-corrected chi connectivity index (χ0v) is 17.7. The number of aliphatic imine (C=N–C) groups is 1. The van der Waals surface area contributed by atoms with Crippen molar-refractivity contribution in [3.8, 4) is 0 Å². The lowest BCUT2D eigenvalue weighted by molar-refractivity contribution is 0.645. The van der Waals surface area contributed by atoms with Crippen LogP contribution in [0.25, 0.3) is 22.1 Å². The van der Waals surface area contributed by atoms with Crippen molar-refractivity contribution in [1.82, 2.24) is 30.2 Å². The van der Waals surface area contributed by atoms with Crippen LogP contribution in [0.3, 0.4) is 0 Å². The van der Waals surface area contributed by atoms with Gasteiger partial charge in [-0.1, -0.05) is 24.3 Å². The number of rotatable bonds is 8. The highest BCUT2D eigenvalue weighted by molar-refractivity contribution is 5.80. The van der Waals surface area contributed by atoms with Crippen molar-refractivity contribution in [3.63, 3.8) is 0 Å². The van der Waals surface area contributed by atoms with Crippen LogP contribution in [0.15, 0.2) is 53.5 Å². The number of aryl methyl sites for hydroxylation is 2. The molecular weight excluding hydrogens is 374 g/mol. The second-order valence-electron chi connectivity index (χ2n) is 7.29. The Morgan fingerprint density at radius 3 is 2.67 bits per heavy atom. The first-order chi connectivity index (χ1) is 14.7. The van der Waals surface area contributed by atoms with Gasteiger partial charge in [0.2, 0.25) is 0 Å². The van der Waals surface area contributed by atoms with E-state index in [1.807, 2.05) is 24.3 Å². The number of para-hydroxylation sites is 4. The molecule has 0 amide bonds. The first-order valence-electron chi connectivity index (χ1n) is 10.6. The van der Waals surface area contributed by atoms with E-state index in [9.17, 15) is 0 Å². The van der Waals surface area contributed by atoms with Gasteiger partial charge in [-0.25, -0.2) is 9.97 Å². The largest absolute Gasteiger partial charge is 0.357 e. The number of imidazole rings is 2. The predicted molar refractivity (Wildman–Crippen MR) is 123 cm³/mol. The first kappa shape index (κ1) is 19.9. The molecule has 0 saturated heterocycles. The van der Waals surface area contributed by atoms with Crippen LogP contribution < -0.4 is 10.6 Å². The minimum atomic E-state index is 0.756. The Morgan fingerprint density at radius 1 is 1.03 bits per heavy atom. The quantitative estimate of drug-likeness (QED) is 0.239. The monoisotopic (exact) mass is 403 g/mol. The molecule has 0 atom stereocenters. The molecule has 4 aromatic rings. The summed E-state index contributed by atoms with van der Waals surface area (Å²) in [5, 5.41) is 6.73. The molecule has 7 heteroatoms. The fourth-order valence-electron chi connectivity index (χ4n) is 3.66. The van der Waals surface area contributed by atoms with Crippen LogP contribution >= 0.6 is 0 Å². The fourth-order valence-corrected chi connectivity index (χ4v) is 3.66. The lowest BCUT2D eigenvalue weighted by atomic mass is 10.3. The van der Waals surface area contributed by atoms with Gasteiger partial charge in [0.1, 0.15) is 11.6 Å². The van der Waals surface area contributed by atoms with Gasteiger partial charge in [-0.15, -0.1) is 0 Å². The van der Waals surface area contributed by atoms with Gasteiger partial charge in [-0.2, -0.15) is 0 Å². The zero-order valence-electron chi connectivity index (χ0n) is 17.7. The number of hydrogen-bond donors (Lipinski definition) is 3. The number of fused-ring (bicyclic) bond motifs is 2. The van der Waals surface area contributed by atoms with E-state index in [-0.39, 0.29) is 0 Å². The molecule has 2 aromatic carbocycles. The van der Waals surface area contributed by atoms with Crippen LogP contribution in [0, 0.1) is 6.92 Å². The Labute approximate surface area is 176 Å². The van der Waals surface area contributed by atoms with Crippen molar-refractivity contribution in [2.75, 3.05) is 19.6 Å². The average molecular weight is 404 g/mol. The van der Waals surface area contributed by atoms with E-state index in [2.05, 4.69) is 68.3 Å². The molecule has 0 bridgehead atoms. The summed E-state index contributed by atoms with van der Waals surface area (Å²) in [6, 6.07) is 16.4. The van der Waals surface area contributed by atoms with Gasteiger partial charge >= 0.3 is 0 Å². The number of nitrogens with zero attached hydrogens (tertiary/aromatic N) is 4. The Morgan fingerprint density at radius 2 is 1.83 bits per heavy atom. The summed E-state index contributed by atoms with van der Waals surface area (Å²) >= 11 is 0. The highest BCUT2D eigenvalue weighted by Crippen LogP contribution is 2.15. The van der Waals surface area contributed by atoms with E-state index < -0.39 is 0 Å². The Bertz CT molecular complexity index is 1110. The minimum Gasteiger partial charge on any atom is -0.357 e. The predicted octanol–water partition coefficient (Wildman–Crippen LogP) is 3.41. The second-order valence-corrected chi connectivity index (χ2v) is 7.29. The maximum absolute atomic E-state index is 4.73.